The Bertz CT molecular complexity index is 789. The first kappa shape index (κ1) is 20.6. The number of hydrogen-bond donors (Lipinski definition) is 1. The highest BCUT2D eigenvalue weighted by molar-refractivity contribution is 5.94. The van der Waals surface area contributed by atoms with Gasteiger partial charge in [0.25, 0.3) is 5.91 Å². The van der Waals surface area contributed by atoms with Gasteiger partial charge in [-0.25, -0.2) is 0 Å². The molecular formula is C25H34N2O. The van der Waals surface area contributed by atoms with Crippen molar-refractivity contribution < 1.29 is 4.79 Å². The maximum atomic E-state index is 12.8. The van der Waals surface area contributed by atoms with Gasteiger partial charge in [-0.15, -0.1) is 0 Å². The fourth-order valence-corrected chi connectivity index (χ4v) is 4.10. The van der Waals surface area contributed by atoms with Crippen LogP contribution in [-0.4, -0.2) is 23.9 Å². The van der Waals surface area contributed by atoms with Crippen LogP contribution in [-0.2, 0) is 6.54 Å². The molecule has 1 atom stereocenters. The van der Waals surface area contributed by atoms with Gasteiger partial charge in [0, 0.05) is 12.1 Å². The molecular weight excluding hydrogens is 344 g/mol. The number of carbonyl (C=O) groups excluding carboxylic acids is 1. The summed E-state index contributed by atoms with van der Waals surface area (Å²) in [6.45, 7) is 12.0. The largest absolute Gasteiger partial charge is 0.345 e. The molecule has 0 radical (unpaired) electrons. The summed E-state index contributed by atoms with van der Waals surface area (Å²) >= 11 is 0. The molecule has 0 saturated carbocycles. The summed E-state index contributed by atoms with van der Waals surface area (Å²) in [6, 6.07) is 14.6. The number of likely N-dealkylation sites (tertiary alicyclic amines) is 1. The highest BCUT2D eigenvalue weighted by Crippen LogP contribution is 2.23. The number of aryl methyl sites for hydroxylation is 2. The summed E-state index contributed by atoms with van der Waals surface area (Å²) in [6.07, 6.45) is 3.45. The summed E-state index contributed by atoms with van der Waals surface area (Å²) in [7, 11) is 0. The lowest BCUT2D eigenvalue weighted by molar-refractivity contribution is 0.0935. The molecule has 2 aromatic rings. The van der Waals surface area contributed by atoms with Gasteiger partial charge >= 0.3 is 0 Å². The molecule has 1 aliphatic rings. The lowest BCUT2D eigenvalue weighted by atomic mass is 9.97. The van der Waals surface area contributed by atoms with Crippen LogP contribution in [0.25, 0.3) is 0 Å². The van der Waals surface area contributed by atoms with E-state index in [-0.39, 0.29) is 11.9 Å². The number of nitrogens with zero attached hydrogens (tertiary/aromatic N) is 1. The van der Waals surface area contributed by atoms with Crippen molar-refractivity contribution in [3.05, 3.63) is 70.3 Å². The Morgan fingerprint density at radius 1 is 1.11 bits per heavy atom. The number of rotatable bonds is 6. The van der Waals surface area contributed by atoms with E-state index >= 15 is 0 Å². The lowest BCUT2D eigenvalue weighted by Gasteiger charge is -2.30. The van der Waals surface area contributed by atoms with Crippen LogP contribution in [0.3, 0.4) is 0 Å². The highest BCUT2D eigenvalue weighted by atomic mass is 16.1. The molecule has 1 amide bonds. The molecule has 1 fully saturated rings. The fourth-order valence-electron chi connectivity index (χ4n) is 4.10. The van der Waals surface area contributed by atoms with Gasteiger partial charge in [0.05, 0.1) is 6.04 Å². The Kier molecular flexibility index (Phi) is 6.90. The van der Waals surface area contributed by atoms with E-state index in [0.29, 0.717) is 0 Å². The number of carbonyl (C=O) groups is 1. The van der Waals surface area contributed by atoms with Crippen molar-refractivity contribution in [2.75, 3.05) is 13.1 Å². The molecule has 28 heavy (non-hydrogen) atoms. The van der Waals surface area contributed by atoms with E-state index in [1.54, 1.807) is 0 Å². The number of amides is 1. The molecule has 1 heterocycles. The first-order chi connectivity index (χ1) is 13.5. The van der Waals surface area contributed by atoms with E-state index < -0.39 is 0 Å². The summed E-state index contributed by atoms with van der Waals surface area (Å²) in [5.41, 5.74) is 5.71. The quantitative estimate of drug-likeness (QED) is 0.728. The smallest absolute Gasteiger partial charge is 0.251 e. The summed E-state index contributed by atoms with van der Waals surface area (Å²) in [4.78, 5) is 15.3. The van der Waals surface area contributed by atoms with Gasteiger partial charge in [0.1, 0.15) is 0 Å². The van der Waals surface area contributed by atoms with Crippen LogP contribution in [0.2, 0.25) is 0 Å². The zero-order valence-electron chi connectivity index (χ0n) is 17.8. The fraction of sp³-hybridized carbons (Fsp3) is 0.480. The van der Waals surface area contributed by atoms with Crippen molar-refractivity contribution in [1.29, 1.82) is 0 Å². The molecule has 3 rings (SSSR count). The third-order valence-electron chi connectivity index (χ3n) is 6.01. The monoisotopic (exact) mass is 378 g/mol. The van der Waals surface area contributed by atoms with Gasteiger partial charge in [-0.05, 0) is 80.9 Å². The molecule has 1 saturated heterocycles. The standard InChI is InChI=1S/C25H34N2O/c1-5-24(23-11-6-19(3)16-20(23)4)26-25(28)22-9-7-21(8-10-22)17-27-14-12-18(2)13-15-27/h6-11,16,18,24H,5,12-15,17H2,1-4H3,(H,26,28)/t24-/m1/s1. The van der Waals surface area contributed by atoms with Gasteiger partial charge in [0.2, 0.25) is 0 Å². The first-order valence-electron chi connectivity index (χ1n) is 10.7. The Morgan fingerprint density at radius 2 is 1.79 bits per heavy atom. The third kappa shape index (κ3) is 5.23. The van der Waals surface area contributed by atoms with Gasteiger partial charge in [0.15, 0.2) is 0 Å². The second kappa shape index (κ2) is 9.38. The molecule has 2 aromatic carbocycles. The van der Waals surface area contributed by atoms with Crippen LogP contribution in [0.4, 0.5) is 0 Å². The average Bonchev–Trinajstić information content (AvgIpc) is 2.69. The zero-order chi connectivity index (χ0) is 20.1. The Balaban J connectivity index is 1.62. The Morgan fingerprint density at radius 3 is 2.39 bits per heavy atom. The SMILES string of the molecule is CC[C@@H](NC(=O)c1ccc(CN2CCC(C)CC2)cc1)c1ccc(C)cc1C. The normalized spacial score (nSPS) is 16.7. The molecule has 3 heteroatoms. The van der Waals surface area contributed by atoms with Crippen molar-refractivity contribution in [3.63, 3.8) is 0 Å². The summed E-state index contributed by atoms with van der Waals surface area (Å²) in [5, 5.41) is 3.22. The molecule has 0 spiro atoms. The second-order valence-corrected chi connectivity index (χ2v) is 8.45. The van der Waals surface area contributed by atoms with Crippen molar-refractivity contribution in [2.24, 2.45) is 5.92 Å². The maximum Gasteiger partial charge on any atom is 0.251 e. The predicted molar refractivity (Wildman–Crippen MR) is 117 cm³/mol. The summed E-state index contributed by atoms with van der Waals surface area (Å²) < 4.78 is 0. The molecule has 0 aliphatic carbocycles. The van der Waals surface area contributed by atoms with Gasteiger partial charge < -0.3 is 5.32 Å². The van der Waals surface area contributed by atoms with Crippen LogP contribution in [0.5, 0.6) is 0 Å². The van der Waals surface area contributed by atoms with Crippen LogP contribution in [0, 0.1) is 19.8 Å². The summed E-state index contributed by atoms with van der Waals surface area (Å²) in [5.74, 6) is 0.858. The Hall–Kier alpha value is -2.13. The molecule has 0 aromatic heterocycles. The number of benzene rings is 2. The maximum absolute atomic E-state index is 12.8. The van der Waals surface area contributed by atoms with Crippen molar-refractivity contribution in [1.82, 2.24) is 10.2 Å². The van der Waals surface area contributed by atoms with Gasteiger partial charge in [-0.1, -0.05) is 49.7 Å². The minimum absolute atomic E-state index is 0.00479. The van der Waals surface area contributed by atoms with E-state index in [0.717, 1.165) is 24.4 Å². The molecule has 1 aliphatic heterocycles. The van der Waals surface area contributed by atoms with Crippen molar-refractivity contribution in [2.45, 2.75) is 59.5 Å². The molecule has 1 N–H and O–H groups in total. The third-order valence-corrected chi connectivity index (χ3v) is 6.01. The van der Waals surface area contributed by atoms with E-state index in [1.165, 1.54) is 48.2 Å². The minimum atomic E-state index is 0.00479. The number of hydrogen-bond acceptors (Lipinski definition) is 2. The number of piperidine rings is 1. The zero-order valence-corrected chi connectivity index (χ0v) is 17.8. The average molecular weight is 379 g/mol. The van der Waals surface area contributed by atoms with Crippen molar-refractivity contribution in [3.8, 4) is 0 Å². The van der Waals surface area contributed by atoms with Crippen LogP contribution < -0.4 is 5.32 Å². The van der Waals surface area contributed by atoms with E-state index in [4.69, 9.17) is 0 Å². The Labute approximate surface area is 170 Å². The number of nitrogens with one attached hydrogen (secondary N) is 1. The second-order valence-electron chi connectivity index (χ2n) is 8.45. The van der Waals surface area contributed by atoms with Crippen LogP contribution in [0.15, 0.2) is 42.5 Å². The molecule has 3 nitrogen and oxygen atoms in total. The van der Waals surface area contributed by atoms with Crippen LogP contribution >= 0.6 is 0 Å². The first-order valence-corrected chi connectivity index (χ1v) is 10.7. The van der Waals surface area contributed by atoms with E-state index in [2.05, 4.69) is 68.2 Å². The lowest BCUT2D eigenvalue weighted by Crippen LogP contribution is -2.32. The molecule has 0 bridgehead atoms. The minimum Gasteiger partial charge on any atom is -0.345 e. The predicted octanol–water partition coefficient (Wildman–Crippen LogP) is 5.42. The van der Waals surface area contributed by atoms with Gasteiger partial charge in [-0.2, -0.15) is 0 Å². The molecule has 0 unspecified atom stereocenters. The topological polar surface area (TPSA) is 32.3 Å². The van der Waals surface area contributed by atoms with E-state index in [9.17, 15) is 4.79 Å². The van der Waals surface area contributed by atoms with Gasteiger partial charge in [-0.3, -0.25) is 9.69 Å². The van der Waals surface area contributed by atoms with Crippen LogP contribution in [0.1, 0.15) is 71.8 Å². The van der Waals surface area contributed by atoms with E-state index in [1.807, 2.05) is 12.1 Å². The molecule has 150 valence electrons. The highest BCUT2D eigenvalue weighted by Gasteiger charge is 2.17. The van der Waals surface area contributed by atoms with Crippen molar-refractivity contribution >= 4 is 5.91 Å².